The Labute approximate surface area is 171 Å². The van der Waals surface area contributed by atoms with Gasteiger partial charge >= 0.3 is 0 Å². The standard InChI is InChI=1S/C23H28N4O2/c1-18(27-22(28)17-20-10-5-11-21(20)24-27)23(29)26-15-13-25(14-16-26)12-6-9-19-7-3-2-4-8-19/h2-4,6-9,17-18H,5,10-16H2,1H3. The number of amides is 1. The van der Waals surface area contributed by atoms with Gasteiger partial charge in [0.15, 0.2) is 0 Å². The fraction of sp³-hybridized carbons (Fsp3) is 0.435. The van der Waals surface area contributed by atoms with Crippen molar-refractivity contribution in [2.45, 2.75) is 32.2 Å². The topological polar surface area (TPSA) is 58.4 Å². The summed E-state index contributed by atoms with van der Waals surface area (Å²) in [6.45, 7) is 5.70. The van der Waals surface area contributed by atoms with Gasteiger partial charge in [-0.2, -0.15) is 5.10 Å². The molecule has 4 rings (SSSR count). The Morgan fingerprint density at radius 3 is 2.66 bits per heavy atom. The second-order valence-electron chi connectivity index (χ2n) is 7.87. The Hall–Kier alpha value is -2.73. The van der Waals surface area contributed by atoms with Gasteiger partial charge in [-0.1, -0.05) is 42.5 Å². The summed E-state index contributed by atoms with van der Waals surface area (Å²) in [6.07, 6.45) is 7.15. The summed E-state index contributed by atoms with van der Waals surface area (Å²) >= 11 is 0. The number of carbonyl (C=O) groups is 1. The van der Waals surface area contributed by atoms with Crippen LogP contribution in [0, 0.1) is 0 Å². The molecule has 1 aliphatic heterocycles. The van der Waals surface area contributed by atoms with Crippen molar-refractivity contribution in [3.8, 4) is 0 Å². The Morgan fingerprint density at radius 1 is 1.14 bits per heavy atom. The average Bonchev–Trinajstić information content (AvgIpc) is 3.20. The third-order valence-corrected chi connectivity index (χ3v) is 5.86. The number of fused-ring (bicyclic) bond motifs is 1. The van der Waals surface area contributed by atoms with Crippen molar-refractivity contribution in [3.63, 3.8) is 0 Å². The van der Waals surface area contributed by atoms with E-state index in [1.165, 1.54) is 10.2 Å². The van der Waals surface area contributed by atoms with Crippen molar-refractivity contribution in [2.24, 2.45) is 0 Å². The lowest BCUT2D eigenvalue weighted by Gasteiger charge is -2.35. The van der Waals surface area contributed by atoms with E-state index in [0.29, 0.717) is 13.1 Å². The van der Waals surface area contributed by atoms with E-state index in [0.717, 1.165) is 50.2 Å². The molecule has 6 nitrogen and oxygen atoms in total. The van der Waals surface area contributed by atoms with E-state index in [2.05, 4.69) is 34.3 Å². The number of hydrogen-bond acceptors (Lipinski definition) is 4. The number of hydrogen-bond donors (Lipinski definition) is 0. The summed E-state index contributed by atoms with van der Waals surface area (Å²) in [6, 6.07) is 11.4. The zero-order chi connectivity index (χ0) is 20.2. The summed E-state index contributed by atoms with van der Waals surface area (Å²) in [5.74, 6) is -0.0166. The minimum Gasteiger partial charge on any atom is -0.338 e. The van der Waals surface area contributed by atoms with E-state index in [1.807, 2.05) is 23.1 Å². The second kappa shape index (κ2) is 8.74. The molecule has 0 spiro atoms. The van der Waals surface area contributed by atoms with Gasteiger partial charge < -0.3 is 4.90 Å². The SMILES string of the molecule is CC(C(=O)N1CCN(CC=Cc2ccccc2)CC1)n1nc2c(cc1=O)CCC2. The molecule has 29 heavy (non-hydrogen) atoms. The molecule has 0 N–H and O–H groups in total. The van der Waals surface area contributed by atoms with Gasteiger partial charge in [0.25, 0.3) is 5.56 Å². The van der Waals surface area contributed by atoms with E-state index in [9.17, 15) is 9.59 Å². The van der Waals surface area contributed by atoms with Crippen molar-refractivity contribution in [1.29, 1.82) is 0 Å². The molecule has 1 fully saturated rings. The van der Waals surface area contributed by atoms with Gasteiger partial charge in [-0.25, -0.2) is 4.68 Å². The second-order valence-corrected chi connectivity index (χ2v) is 7.87. The molecule has 1 unspecified atom stereocenters. The van der Waals surface area contributed by atoms with Crippen molar-refractivity contribution in [2.75, 3.05) is 32.7 Å². The van der Waals surface area contributed by atoms with Crippen LogP contribution in [0.25, 0.3) is 6.08 Å². The number of aromatic nitrogens is 2. The predicted octanol–water partition coefficient (Wildman–Crippen LogP) is 2.15. The molecule has 0 bridgehead atoms. The Bertz CT molecular complexity index is 943. The van der Waals surface area contributed by atoms with Crippen LogP contribution >= 0.6 is 0 Å². The van der Waals surface area contributed by atoms with Crippen molar-refractivity contribution in [1.82, 2.24) is 19.6 Å². The van der Waals surface area contributed by atoms with Gasteiger partial charge in [-0.05, 0) is 37.3 Å². The number of carbonyl (C=O) groups excluding carboxylic acids is 1. The molecule has 152 valence electrons. The highest BCUT2D eigenvalue weighted by molar-refractivity contribution is 5.80. The van der Waals surface area contributed by atoms with E-state index in [4.69, 9.17) is 0 Å². The van der Waals surface area contributed by atoms with Crippen LogP contribution in [0.3, 0.4) is 0 Å². The number of piperazine rings is 1. The normalized spacial score (nSPS) is 18.2. The lowest BCUT2D eigenvalue weighted by molar-refractivity contribution is -0.136. The summed E-state index contributed by atoms with van der Waals surface area (Å²) in [7, 11) is 0. The summed E-state index contributed by atoms with van der Waals surface area (Å²) in [5, 5.41) is 4.49. The third-order valence-electron chi connectivity index (χ3n) is 5.86. The summed E-state index contributed by atoms with van der Waals surface area (Å²) in [4.78, 5) is 29.6. The van der Waals surface area contributed by atoms with Gasteiger partial charge in [0.1, 0.15) is 6.04 Å². The zero-order valence-electron chi connectivity index (χ0n) is 17.0. The molecular weight excluding hydrogens is 364 g/mol. The first-order valence-electron chi connectivity index (χ1n) is 10.5. The highest BCUT2D eigenvalue weighted by atomic mass is 16.2. The lowest BCUT2D eigenvalue weighted by atomic mass is 10.2. The number of benzene rings is 1. The molecule has 2 aromatic rings. The van der Waals surface area contributed by atoms with E-state index in [1.54, 1.807) is 13.0 Å². The monoisotopic (exact) mass is 392 g/mol. The first-order valence-corrected chi connectivity index (χ1v) is 10.5. The minimum atomic E-state index is -0.557. The molecule has 1 amide bonds. The van der Waals surface area contributed by atoms with Gasteiger partial charge in [-0.3, -0.25) is 14.5 Å². The number of rotatable bonds is 5. The molecule has 6 heteroatoms. The molecule has 1 atom stereocenters. The molecule has 0 saturated carbocycles. The highest BCUT2D eigenvalue weighted by Crippen LogP contribution is 2.18. The predicted molar refractivity (Wildman–Crippen MR) is 114 cm³/mol. The maximum absolute atomic E-state index is 13.0. The molecule has 2 aliphatic rings. The van der Waals surface area contributed by atoms with Gasteiger partial charge in [-0.15, -0.1) is 0 Å². The quantitative estimate of drug-likeness (QED) is 0.782. The van der Waals surface area contributed by atoms with E-state index >= 15 is 0 Å². The summed E-state index contributed by atoms with van der Waals surface area (Å²) in [5.41, 5.74) is 3.04. The van der Waals surface area contributed by atoms with Crippen LogP contribution < -0.4 is 5.56 Å². The first kappa shape index (κ1) is 19.6. The fourth-order valence-electron chi connectivity index (χ4n) is 4.11. The highest BCUT2D eigenvalue weighted by Gasteiger charge is 2.27. The molecule has 1 saturated heterocycles. The van der Waals surface area contributed by atoms with Crippen LogP contribution in [0.5, 0.6) is 0 Å². The molecule has 1 aromatic carbocycles. The van der Waals surface area contributed by atoms with E-state index < -0.39 is 6.04 Å². The van der Waals surface area contributed by atoms with Crippen LogP contribution in [0.4, 0.5) is 0 Å². The lowest BCUT2D eigenvalue weighted by Crippen LogP contribution is -2.51. The van der Waals surface area contributed by atoms with Crippen LogP contribution in [0.2, 0.25) is 0 Å². The Balaban J connectivity index is 1.32. The van der Waals surface area contributed by atoms with Crippen LogP contribution in [-0.4, -0.2) is 58.2 Å². The van der Waals surface area contributed by atoms with Crippen LogP contribution in [-0.2, 0) is 17.6 Å². The number of aryl methyl sites for hydroxylation is 2. The number of nitrogens with zero attached hydrogens (tertiary/aromatic N) is 4. The van der Waals surface area contributed by atoms with Crippen molar-refractivity contribution < 1.29 is 4.79 Å². The maximum Gasteiger partial charge on any atom is 0.267 e. The molecule has 1 aliphatic carbocycles. The first-order chi connectivity index (χ1) is 14.1. The molecule has 1 aromatic heterocycles. The van der Waals surface area contributed by atoms with Crippen LogP contribution in [0.1, 0.15) is 36.2 Å². The van der Waals surface area contributed by atoms with Gasteiger partial charge in [0.05, 0.1) is 5.69 Å². The van der Waals surface area contributed by atoms with Gasteiger partial charge in [0.2, 0.25) is 5.91 Å². The largest absolute Gasteiger partial charge is 0.338 e. The smallest absolute Gasteiger partial charge is 0.267 e. The minimum absolute atomic E-state index is 0.0166. The fourth-order valence-corrected chi connectivity index (χ4v) is 4.11. The van der Waals surface area contributed by atoms with E-state index in [-0.39, 0.29) is 11.5 Å². The van der Waals surface area contributed by atoms with Gasteiger partial charge in [0, 0.05) is 38.8 Å². The Kier molecular flexibility index (Phi) is 5.90. The molecular formula is C23H28N4O2. The molecule has 0 radical (unpaired) electrons. The zero-order valence-corrected chi connectivity index (χ0v) is 17.0. The Morgan fingerprint density at radius 2 is 1.90 bits per heavy atom. The van der Waals surface area contributed by atoms with Crippen molar-refractivity contribution in [3.05, 3.63) is 69.6 Å². The molecule has 2 heterocycles. The van der Waals surface area contributed by atoms with Crippen molar-refractivity contribution >= 4 is 12.0 Å². The third kappa shape index (κ3) is 4.48. The van der Waals surface area contributed by atoms with Crippen LogP contribution in [0.15, 0.2) is 47.3 Å². The maximum atomic E-state index is 13.0. The summed E-state index contributed by atoms with van der Waals surface area (Å²) < 4.78 is 1.38. The average molecular weight is 393 g/mol.